The molecule has 1 fully saturated rings. The zero-order valence-corrected chi connectivity index (χ0v) is 11.0. The van der Waals surface area contributed by atoms with Gasteiger partial charge in [0.15, 0.2) is 9.84 Å². The Bertz CT molecular complexity index is 556. The van der Waals surface area contributed by atoms with Crippen molar-refractivity contribution in [3.63, 3.8) is 0 Å². The third kappa shape index (κ3) is 2.34. The van der Waals surface area contributed by atoms with Gasteiger partial charge in [0.2, 0.25) is 0 Å². The molecule has 1 N–H and O–H groups in total. The van der Waals surface area contributed by atoms with Crippen LogP contribution in [0.5, 0.6) is 0 Å². The van der Waals surface area contributed by atoms with Gasteiger partial charge in [-0.1, -0.05) is 0 Å². The van der Waals surface area contributed by atoms with Crippen molar-refractivity contribution in [3.05, 3.63) is 17.6 Å². The molecule has 0 bridgehead atoms. The molecule has 0 spiro atoms. The largest absolute Gasteiger partial charge is 0.369 e. The Balaban J connectivity index is 1.66. The van der Waals surface area contributed by atoms with E-state index in [0.717, 1.165) is 37.2 Å². The number of sulfone groups is 1. The van der Waals surface area contributed by atoms with Crippen LogP contribution >= 0.6 is 0 Å². The lowest BCUT2D eigenvalue weighted by molar-refractivity contribution is 0.595. The SMILES string of the molecule is O=S1(=O)CCC(CNc2ncnc3c2CCC3)C1. The first-order valence-electron chi connectivity index (χ1n) is 6.41. The van der Waals surface area contributed by atoms with Crippen LogP contribution in [0.3, 0.4) is 0 Å². The first-order valence-corrected chi connectivity index (χ1v) is 8.23. The first-order chi connectivity index (χ1) is 8.64. The van der Waals surface area contributed by atoms with Crippen LogP contribution in [0.2, 0.25) is 0 Å². The first kappa shape index (κ1) is 11.9. The summed E-state index contributed by atoms with van der Waals surface area (Å²) in [7, 11) is -2.78. The molecule has 1 unspecified atom stereocenters. The number of rotatable bonds is 3. The molecule has 98 valence electrons. The fourth-order valence-corrected chi connectivity index (χ4v) is 4.65. The van der Waals surface area contributed by atoms with Crippen molar-refractivity contribution < 1.29 is 8.42 Å². The summed E-state index contributed by atoms with van der Waals surface area (Å²) in [6.07, 6.45) is 5.56. The summed E-state index contributed by atoms with van der Waals surface area (Å²) in [5.74, 6) is 1.78. The number of fused-ring (bicyclic) bond motifs is 1. The maximum absolute atomic E-state index is 11.4. The molecule has 1 aliphatic heterocycles. The second kappa shape index (κ2) is 4.50. The predicted molar refractivity (Wildman–Crippen MR) is 69.3 cm³/mol. The van der Waals surface area contributed by atoms with Crippen molar-refractivity contribution >= 4 is 15.7 Å². The van der Waals surface area contributed by atoms with Crippen LogP contribution < -0.4 is 5.32 Å². The van der Waals surface area contributed by atoms with Gasteiger partial charge in [-0.2, -0.15) is 0 Å². The van der Waals surface area contributed by atoms with Gasteiger partial charge >= 0.3 is 0 Å². The zero-order valence-electron chi connectivity index (χ0n) is 10.2. The molecule has 0 aromatic carbocycles. The predicted octanol–water partition coefficient (Wildman–Crippen LogP) is 0.812. The van der Waals surface area contributed by atoms with Crippen LogP contribution in [0.4, 0.5) is 5.82 Å². The van der Waals surface area contributed by atoms with E-state index >= 15 is 0 Å². The van der Waals surface area contributed by atoms with E-state index in [1.807, 2.05) is 0 Å². The summed E-state index contributed by atoms with van der Waals surface area (Å²) in [6.45, 7) is 0.697. The molecule has 3 rings (SSSR count). The van der Waals surface area contributed by atoms with E-state index in [2.05, 4.69) is 15.3 Å². The van der Waals surface area contributed by atoms with E-state index in [4.69, 9.17) is 0 Å². The minimum Gasteiger partial charge on any atom is -0.369 e. The van der Waals surface area contributed by atoms with Gasteiger partial charge in [-0.3, -0.25) is 0 Å². The van der Waals surface area contributed by atoms with Gasteiger partial charge in [-0.05, 0) is 31.6 Å². The van der Waals surface area contributed by atoms with E-state index in [0.29, 0.717) is 18.1 Å². The van der Waals surface area contributed by atoms with Crippen molar-refractivity contribution in [2.24, 2.45) is 5.92 Å². The van der Waals surface area contributed by atoms with Crippen LogP contribution in [-0.2, 0) is 22.7 Å². The van der Waals surface area contributed by atoms with Crippen molar-refractivity contribution in [3.8, 4) is 0 Å². The smallest absolute Gasteiger partial charge is 0.150 e. The van der Waals surface area contributed by atoms with Gasteiger partial charge in [0, 0.05) is 17.8 Å². The monoisotopic (exact) mass is 267 g/mol. The molecule has 6 heteroatoms. The van der Waals surface area contributed by atoms with Crippen LogP contribution in [-0.4, -0.2) is 36.4 Å². The Labute approximate surface area is 107 Å². The van der Waals surface area contributed by atoms with E-state index < -0.39 is 9.84 Å². The molecule has 0 amide bonds. The summed E-state index contributed by atoms with van der Waals surface area (Å²) in [6, 6.07) is 0. The number of nitrogens with zero attached hydrogens (tertiary/aromatic N) is 2. The number of hydrogen-bond donors (Lipinski definition) is 1. The molecule has 1 aromatic rings. The van der Waals surface area contributed by atoms with Crippen molar-refractivity contribution in [1.82, 2.24) is 9.97 Å². The van der Waals surface area contributed by atoms with Crippen molar-refractivity contribution in [2.45, 2.75) is 25.7 Å². The number of hydrogen-bond acceptors (Lipinski definition) is 5. The molecule has 18 heavy (non-hydrogen) atoms. The molecule has 1 aliphatic carbocycles. The quantitative estimate of drug-likeness (QED) is 0.877. The number of aryl methyl sites for hydroxylation is 1. The second-order valence-corrected chi connectivity index (χ2v) is 7.38. The molecule has 1 saturated heterocycles. The molecular formula is C12H17N3O2S. The summed E-state index contributed by atoms with van der Waals surface area (Å²) in [5.41, 5.74) is 2.37. The highest BCUT2D eigenvalue weighted by atomic mass is 32.2. The maximum atomic E-state index is 11.4. The third-order valence-electron chi connectivity index (χ3n) is 3.76. The normalized spacial score (nSPS) is 25.0. The maximum Gasteiger partial charge on any atom is 0.150 e. The lowest BCUT2D eigenvalue weighted by Crippen LogP contribution is -2.17. The van der Waals surface area contributed by atoms with Gasteiger partial charge in [0.1, 0.15) is 12.1 Å². The minimum atomic E-state index is -2.78. The van der Waals surface area contributed by atoms with Gasteiger partial charge in [-0.25, -0.2) is 18.4 Å². The van der Waals surface area contributed by atoms with Crippen LogP contribution in [0.1, 0.15) is 24.1 Å². The van der Waals surface area contributed by atoms with Gasteiger partial charge < -0.3 is 5.32 Å². The molecule has 5 nitrogen and oxygen atoms in total. The fourth-order valence-electron chi connectivity index (χ4n) is 2.79. The number of aromatic nitrogens is 2. The van der Waals surface area contributed by atoms with Gasteiger partial charge in [0.25, 0.3) is 0 Å². The topological polar surface area (TPSA) is 72.0 Å². The zero-order chi connectivity index (χ0) is 12.6. The Hall–Kier alpha value is -1.17. The van der Waals surface area contributed by atoms with E-state index in [1.54, 1.807) is 6.33 Å². The molecule has 0 saturated carbocycles. The second-order valence-electron chi connectivity index (χ2n) is 5.15. The average molecular weight is 267 g/mol. The minimum absolute atomic E-state index is 0.224. The molecule has 1 atom stereocenters. The highest BCUT2D eigenvalue weighted by Crippen LogP contribution is 2.26. The van der Waals surface area contributed by atoms with Gasteiger partial charge in [-0.15, -0.1) is 0 Å². The van der Waals surface area contributed by atoms with Crippen LogP contribution in [0.15, 0.2) is 6.33 Å². The van der Waals surface area contributed by atoms with Crippen LogP contribution in [0, 0.1) is 5.92 Å². The van der Waals surface area contributed by atoms with E-state index in [9.17, 15) is 8.42 Å². The summed E-state index contributed by atoms with van der Waals surface area (Å²) in [4.78, 5) is 8.55. The number of anilines is 1. The molecular weight excluding hydrogens is 250 g/mol. The number of nitrogens with one attached hydrogen (secondary N) is 1. The lowest BCUT2D eigenvalue weighted by atomic mass is 10.1. The van der Waals surface area contributed by atoms with E-state index in [1.165, 1.54) is 5.56 Å². The fraction of sp³-hybridized carbons (Fsp3) is 0.667. The highest BCUT2D eigenvalue weighted by Gasteiger charge is 2.28. The Morgan fingerprint density at radius 2 is 2.22 bits per heavy atom. The summed E-state index contributed by atoms with van der Waals surface area (Å²) in [5, 5.41) is 3.31. The Kier molecular flexibility index (Phi) is 2.97. The standard InChI is InChI=1S/C12H17N3O2S/c16-18(17)5-4-9(7-18)6-13-12-10-2-1-3-11(10)14-8-15-12/h8-9H,1-7H2,(H,13,14,15). The molecule has 2 aliphatic rings. The summed E-state index contributed by atoms with van der Waals surface area (Å²) >= 11 is 0. The average Bonchev–Trinajstić information content (AvgIpc) is 2.92. The Morgan fingerprint density at radius 1 is 1.33 bits per heavy atom. The van der Waals surface area contributed by atoms with Gasteiger partial charge in [0.05, 0.1) is 11.5 Å². The molecule has 1 aromatic heterocycles. The third-order valence-corrected chi connectivity index (χ3v) is 5.60. The van der Waals surface area contributed by atoms with Crippen LogP contribution in [0.25, 0.3) is 0 Å². The van der Waals surface area contributed by atoms with E-state index in [-0.39, 0.29) is 5.92 Å². The molecule has 2 heterocycles. The Morgan fingerprint density at radius 3 is 3.00 bits per heavy atom. The van der Waals surface area contributed by atoms with Crippen molar-refractivity contribution in [2.75, 3.05) is 23.4 Å². The summed E-state index contributed by atoms with van der Waals surface area (Å²) < 4.78 is 22.8. The lowest BCUT2D eigenvalue weighted by Gasteiger charge is -2.12. The highest BCUT2D eigenvalue weighted by molar-refractivity contribution is 7.91. The van der Waals surface area contributed by atoms with Crippen molar-refractivity contribution in [1.29, 1.82) is 0 Å². The molecule has 0 radical (unpaired) electrons.